The number of nitrogens with zero attached hydrogens (tertiary/aromatic N) is 3. The van der Waals surface area contributed by atoms with Crippen molar-refractivity contribution in [2.45, 2.75) is 32.2 Å². The lowest BCUT2D eigenvalue weighted by molar-refractivity contribution is 0.0941. The van der Waals surface area contributed by atoms with E-state index in [1.807, 2.05) is 13.0 Å². The van der Waals surface area contributed by atoms with E-state index >= 15 is 0 Å². The van der Waals surface area contributed by atoms with Crippen LogP contribution in [-0.4, -0.2) is 40.0 Å². The molecule has 1 aliphatic rings. The molecule has 1 aromatic carbocycles. The van der Waals surface area contributed by atoms with E-state index in [1.165, 1.54) is 29.9 Å². The average molecular weight is 330 g/mol. The Morgan fingerprint density at radius 1 is 1.30 bits per heavy atom. The smallest absolute Gasteiger partial charge is 0.265 e. The number of nitrogens with one attached hydrogen (secondary N) is 1. The molecule has 1 aromatic heterocycles. The topological polar surface area (TPSA) is 58.1 Å². The minimum Gasteiger partial charge on any atom is -0.349 e. The summed E-state index contributed by atoms with van der Waals surface area (Å²) in [6.07, 6.45) is 3.19. The molecule has 1 atom stereocenters. The highest BCUT2D eigenvalue weighted by Crippen LogP contribution is 2.24. The van der Waals surface area contributed by atoms with Crippen molar-refractivity contribution >= 4 is 17.4 Å². The molecule has 1 aliphatic heterocycles. The maximum atomic E-state index is 12.4. The summed E-state index contributed by atoms with van der Waals surface area (Å²) in [5, 5.41) is 7.10. The molecule has 0 aliphatic carbocycles. The second-order valence-electron chi connectivity index (χ2n) is 5.78. The monoisotopic (exact) mass is 330 g/mol. The van der Waals surface area contributed by atoms with Gasteiger partial charge in [-0.1, -0.05) is 41.7 Å². The zero-order valence-corrected chi connectivity index (χ0v) is 14.2. The molecule has 2 aromatic rings. The first-order chi connectivity index (χ1) is 11.3. The lowest BCUT2D eigenvalue weighted by atomic mass is 10.1. The van der Waals surface area contributed by atoms with Crippen LogP contribution in [0, 0.1) is 0 Å². The Bertz CT molecular complexity index is 637. The molecule has 0 unspecified atom stereocenters. The molecule has 1 amide bonds. The lowest BCUT2D eigenvalue weighted by Crippen LogP contribution is -2.36. The first-order valence-corrected chi connectivity index (χ1v) is 8.95. The third-order valence-electron chi connectivity index (χ3n) is 4.32. The largest absolute Gasteiger partial charge is 0.349 e. The molecule has 1 fully saturated rings. The van der Waals surface area contributed by atoms with Gasteiger partial charge in [0, 0.05) is 6.54 Å². The molecule has 1 N–H and O–H groups in total. The number of aromatic nitrogens is 2. The van der Waals surface area contributed by atoms with Gasteiger partial charge < -0.3 is 5.32 Å². The third-order valence-corrected chi connectivity index (χ3v) is 5.09. The fourth-order valence-electron chi connectivity index (χ4n) is 3.07. The number of aryl methyl sites for hydroxylation is 1. The molecular weight excluding hydrogens is 308 g/mol. The molecule has 0 radical (unpaired) electrons. The highest BCUT2D eigenvalue weighted by Gasteiger charge is 2.24. The normalized spacial score (nSPS) is 16.4. The van der Waals surface area contributed by atoms with Crippen molar-refractivity contribution in [2.24, 2.45) is 0 Å². The summed E-state index contributed by atoms with van der Waals surface area (Å²) in [7, 11) is 0. The summed E-state index contributed by atoms with van der Waals surface area (Å²) in [5.74, 6) is -0.0584. The summed E-state index contributed by atoms with van der Waals surface area (Å²) in [6, 6.07) is 10.7. The maximum absolute atomic E-state index is 12.4. The van der Waals surface area contributed by atoms with Gasteiger partial charge in [0.2, 0.25) is 0 Å². The molecule has 0 bridgehead atoms. The van der Waals surface area contributed by atoms with Crippen LogP contribution in [-0.2, 0) is 6.42 Å². The number of hydrogen-bond donors (Lipinski definition) is 1. The molecule has 0 spiro atoms. The van der Waals surface area contributed by atoms with Crippen LogP contribution in [0.1, 0.15) is 46.7 Å². The lowest BCUT2D eigenvalue weighted by Gasteiger charge is -2.28. The summed E-state index contributed by atoms with van der Waals surface area (Å²) >= 11 is 1.18. The number of hydrogen-bond acceptors (Lipinski definition) is 5. The Hall–Kier alpha value is -1.79. The fourth-order valence-corrected chi connectivity index (χ4v) is 3.73. The van der Waals surface area contributed by atoms with Crippen LogP contribution in [0.3, 0.4) is 0 Å². The van der Waals surface area contributed by atoms with Crippen LogP contribution in [0.5, 0.6) is 0 Å². The van der Waals surface area contributed by atoms with E-state index in [0.29, 0.717) is 11.4 Å². The van der Waals surface area contributed by atoms with Crippen molar-refractivity contribution in [3.63, 3.8) is 0 Å². The van der Waals surface area contributed by atoms with Gasteiger partial charge in [0.25, 0.3) is 5.91 Å². The zero-order chi connectivity index (χ0) is 16.1. The minimum atomic E-state index is -0.0584. The van der Waals surface area contributed by atoms with Crippen LogP contribution >= 0.6 is 11.5 Å². The van der Waals surface area contributed by atoms with Crippen molar-refractivity contribution in [3.8, 4) is 0 Å². The molecule has 122 valence electrons. The van der Waals surface area contributed by atoms with E-state index in [2.05, 4.69) is 44.1 Å². The maximum Gasteiger partial charge on any atom is 0.265 e. The van der Waals surface area contributed by atoms with Gasteiger partial charge in [-0.2, -0.15) is 0 Å². The standard InChI is InChI=1S/C17H22N4OS/c1-2-14-16(23-20-19-14)17(22)18-12-15(21-10-6-7-11-21)13-8-4-3-5-9-13/h3-5,8-9,15H,2,6-7,10-12H2,1H3,(H,18,22)/t15-/m0/s1. The average Bonchev–Trinajstić information content (AvgIpc) is 3.27. The second-order valence-corrected chi connectivity index (χ2v) is 6.54. The Labute approximate surface area is 140 Å². The van der Waals surface area contributed by atoms with Crippen LogP contribution < -0.4 is 5.32 Å². The SMILES string of the molecule is CCc1nnsc1C(=O)NC[C@@H](c1ccccc1)N1CCCC1. The van der Waals surface area contributed by atoms with Gasteiger partial charge in [0.1, 0.15) is 4.88 Å². The van der Waals surface area contributed by atoms with Crippen molar-refractivity contribution in [1.82, 2.24) is 19.8 Å². The number of benzene rings is 1. The molecule has 2 heterocycles. The first kappa shape index (κ1) is 16.1. The molecule has 1 saturated heterocycles. The summed E-state index contributed by atoms with van der Waals surface area (Å²) in [4.78, 5) is 15.5. The van der Waals surface area contributed by atoms with Crippen molar-refractivity contribution in [2.75, 3.05) is 19.6 Å². The van der Waals surface area contributed by atoms with E-state index in [-0.39, 0.29) is 11.9 Å². The number of rotatable bonds is 6. The highest BCUT2D eigenvalue weighted by atomic mass is 32.1. The number of carbonyl (C=O) groups is 1. The van der Waals surface area contributed by atoms with Crippen LogP contribution in [0.4, 0.5) is 0 Å². The van der Waals surface area contributed by atoms with E-state index in [9.17, 15) is 4.79 Å². The number of carbonyl (C=O) groups excluding carboxylic acids is 1. The van der Waals surface area contributed by atoms with Gasteiger partial charge in [-0.25, -0.2) is 0 Å². The van der Waals surface area contributed by atoms with Crippen molar-refractivity contribution in [3.05, 3.63) is 46.5 Å². The Morgan fingerprint density at radius 2 is 2.04 bits per heavy atom. The van der Waals surface area contributed by atoms with Gasteiger partial charge >= 0.3 is 0 Å². The van der Waals surface area contributed by atoms with E-state index in [0.717, 1.165) is 25.2 Å². The van der Waals surface area contributed by atoms with E-state index in [4.69, 9.17) is 0 Å². The van der Waals surface area contributed by atoms with Crippen molar-refractivity contribution < 1.29 is 4.79 Å². The van der Waals surface area contributed by atoms with Crippen LogP contribution in [0.15, 0.2) is 30.3 Å². The fraction of sp³-hybridized carbons (Fsp3) is 0.471. The predicted octanol–water partition coefficient (Wildman–Crippen LogP) is 2.67. The van der Waals surface area contributed by atoms with Crippen LogP contribution in [0.25, 0.3) is 0 Å². The number of likely N-dealkylation sites (tertiary alicyclic amines) is 1. The zero-order valence-electron chi connectivity index (χ0n) is 13.4. The summed E-state index contributed by atoms with van der Waals surface area (Å²) in [5.41, 5.74) is 2.04. The predicted molar refractivity (Wildman–Crippen MR) is 91.6 cm³/mol. The molecular formula is C17H22N4OS. The third kappa shape index (κ3) is 3.76. The van der Waals surface area contributed by atoms with Gasteiger partial charge in [-0.3, -0.25) is 9.69 Å². The van der Waals surface area contributed by atoms with Gasteiger partial charge in [-0.15, -0.1) is 5.10 Å². The van der Waals surface area contributed by atoms with Crippen molar-refractivity contribution in [1.29, 1.82) is 0 Å². The van der Waals surface area contributed by atoms with Gasteiger partial charge in [0.15, 0.2) is 0 Å². The van der Waals surface area contributed by atoms with E-state index < -0.39 is 0 Å². The van der Waals surface area contributed by atoms with Gasteiger partial charge in [-0.05, 0) is 49.4 Å². The second kappa shape index (κ2) is 7.66. The Balaban J connectivity index is 1.70. The Morgan fingerprint density at radius 3 is 2.74 bits per heavy atom. The highest BCUT2D eigenvalue weighted by molar-refractivity contribution is 7.08. The minimum absolute atomic E-state index is 0.0584. The molecule has 23 heavy (non-hydrogen) atoms. The molecule has 6 heteroatoms. The van der Waals surface area contributed by atoms with E-state index in [1.54, 1.807) is 0 Å². The molecule has 5 nitrogen and oxygen atoms in total. The Kier molecular flexibility index (Phi) is 5.35. The van der Waals surface area contributed by atoms with Crippen LogP contribution in [0.2, 0.25) is 0 Å². The number of amides is 1. The summed E-state index contributed by atoms with van der Waals surface area (Å²) < 4.78 is 3.90. The molecule has 3 rings (SSSR count). The summed E-state index contributed by atoms with van der Waals surface area (Å²) in [6.45, 7) is 4.80. The molecule has 0 saturated carbocycles. The van der Waals surface area contributed by atoms with Gasteiger partial charge in [0.05, 0.1) is 11.7 Å². The first-order valence-electron chi connectivity index (χ1n) is 8.18. The quantitative estimate of drug-likeness (QED) is 0.885.